The van der Waals surface area contributed by atoms with Gasteiger partial charge in [-0.25, -0.2) is 0 Å². The summed E-state index contributed by atoms with van der Waals surface area (Å²) in [4.78, 5) is 19.1. The maximum absolute atomic E-state index is 12.3. The number of amides is 1. The first-order valence-electron chi connectivity index (χ1n) is 6.18. The SMILES string of the molecule is O=C(NCCc1ccccn1)c1ccc(C(F)(F)F)nc1. The van der Waals surface area contributed by atoms with Crippen LogP contribution in [0.3, 0.4) is 0 Å². The molecule has 4 nitrogen and oxygen atoms in total. The van der Waals surface area contributed by atoms with Crippen molar-refractivity contribution in [3.05, 3.63) is 59.7 Å². The summed E-state index contributed by atoms with van der Waals surface area (Å²) in [7, 11) is 0. The summed E-state index contributed by atoms with van der Waals surface area (Å²) >= 11 is 0. The van der Waals surface area contributed by atoms with Crippen LogP contribution in [0.15, 0.2) is 42.7 Å². The number of hydrogen-bond donors (Lipinski definition) is 1. The Kier molecular flexibility index (Phi) is 4.52. The Bertz CT molecular complexity index is 597. The lowest BCUT2D eigenvalue weighted by Crippen LogP contribution is -2.26. The van der Waals surface area contributed by atoms with Gasteiger partial charge in [-0.15, -0.1) is 0 Å². The molecule has 0 aromatic carbocycles. The number of carbonyl (C=O) groups excluding carboxylic acids is 1. The quantitative estimate of drug-likeness (QED) is 0.942. The molecule has 7 heteroatoms. The highest BCUT2D eigenvalue weighted by Gasteiger charge is 2.32. The van der Waals surface area contributed by atoms with Crippen molar-refractivity contribution >= 4 is 5.91 Å². The Morgan fingerprint density at radius 2 is 1.95 bits per heavy atom. The van der Waals surface area contributed by atoms with Crippen molar-refractivity contribution in [2.75, 3.05) is 6.54 Å². The van der Waals surface area contributed by atoms with Gasteiger partial charge >= 0.3 is 6.18 Å². The van der Waals surface area contributed by atoms with E-state index in [1.54, 1.807) is 12.3 Å². The fourth-order valence-electron chi connectivity index (χ4n) is 1.65. The van der Waals surface area contributed by atoms with Crippen molar-refractivity contribution in [1.29, 1.82) is 0 Å². The van der Waals surface area contributed by atoms with E-state index in [9.17, 15) is 18.0 Å². The maximum Gasteiger partial charge on any atom is 0.433 e. The third kappa shape index (κ3) is 4.27. The van der Waals surface area contributed by atoms with E-state index in [0.717, 1.165) is 24.0 Å². The molecule has 0 atom stereocenters. The van der Waals surface area contributed by atoms with Gasteiger partial charge in [-0.2, -0.15) is 13.2 Å². The fraction of sp³-hybridized carbons (Fsp3) is 0.214. The topological polar surface area (TPSA) is 54.9 Å². The number of nitrogens with zero attached hydrogens (tertiary/aromatic N) is 2. The molecule has 2 heterocycles. The highest BCUT2D eigenvalue weighted by molar-refractivity contribution is 5.93. The Morgan fingerprint density at radius 3 is 2.52 bits per heavy atom. The standard InChI is InChI=1S/C14H12F3N3O/c15-14(16,17)12-5-4-10(9-20-12)13(21)19-8-6-11-3-1-2-7-18-11/h1-5,7,9H,6,8H2,(H,19,21). The Labute approximate surface area is 119 Å². The zero-order valence-corrected chi connectivity index (χ0v) is 10.9. The molecular weight excluding hydrogens is 283 g/mol. The van der Waals surface area contributed by atoms with Gasteiger partial charge in [-0.1, -0.05) is 6.07 Å². The molecule has 0 spiro atoms. The third-order valence-electron chi connectivity index (χ3n) is 2.71. The molecule has 0 aliphatic heterocycles. The van der Waals surface area contributed by atoms with Crippen molar-refractivity contribution in [3.8, 4) is 0 Å². The van der Waals surface area contributed by atoms with Crippen molar-refractivity contribution in [3.63, 3.8) is 0 Å². The van der Waals surface area contributed by atoms with Crippen LogP contribution in [0.1, 0.15) is 21.7 Å². The number of hydrogen-bond acceptors (Lipinski definition) is 3. The van der Waals surface area contributed by atoms with Gasteiger partial charge in [0.25, 0.3) is 5.91 Å². The van der Waals surface area contributed by atoms with Crippen LogP contribution < -0.4 is 5.32 Å². The van der Waals surface area contributed by atoms with E-state index in [0.29, 0.717) is 13.0 Å². The van der Waals surface area contributed by atoms with Crippen LogP contribution in [0.5, 0.6) is 0 Å². The highest BCUT2D eigenvalue weighted by atomic mass is 19.4. The molecule has 0 fully saturated rings. The number of halogens is 3. The van der Waals surface area contributed by atoms with Gasteiger partial charge in [0, 0.05) is 31.1 Å². The van der Waals surface area contributed by atoms with Crippen LogP contribution >= 0.6 is 0 Å². The first-order valence-corrected chi connectivity index (χ1v) is 6.18. The Morgan fingerprint density at radius 1 is 1.14 bits per heavy atom. The monoisotopic (exact) mass is 295 g/mol. The summed E-state index contributed by atoms with van der Waals surface area (Å²) in [5.41, 5.74) is -0.111. The molecule has 21 heavy (non-hydrogen) atoms. The van der Waals surface area contributed by atoms with Gasteiger partial charge in [-0.3, -0.25) is 14.8 Å². The second kappa shape index (κ2) is 6.34. The van der Waals surface area contributed by atoms with Gasteiger partial charge in [0.1, 0.15) is 5.69 Å². The molecule has 0 saturated carbocycles. The highest BCUT2D eigenvalue weighted by Crippen LogP contribution is 2.27. The second-order valence-corrected chi connectivity index (χ2v) is 4.26. The number of aromatic nitrogens is 2. The van der Waals surface area contributed by atoms with Crippen LogP contribution in [0.4, 0.5) is 13.2 Å². The zero-order valence-electron chi connectivity index (χ0n) is 10.9. The van der Waals surface area contributed by atoms with Gasteiger partial charge < -0.3 is 5.32 Å². The normalized spacial score (nSPS) is 11.2. The molecule has 0 aliphatic carbocycles. The minimum Gasteiger partial charge on any atom is -0.352 e. The van der Waals surface area contributed by atoms with Crippen molar-refractivity contribution in [2.24, 2.45) is 0 Å². The van der Waals surface area contributed by atoms with Gasteiger partial charge in [-0.05, 0) is 24.3 Å². The summed E-state index contributed by atoms with van der Waals surface area (Å²) in [6.07, 6.45) is -1.40. The fourth-order valence-corrected chi connectivity index (χ4v) is 1.65. The lowest BCUT2D eigenvalue weighted by molar-refractivity contribution is -0.141. The van der Waals surface area contributed by atoms with E-state index < -0.39 is 17.8 Å². The minimum absolute atomic E-state index is 0.0871. The van der Waals surface area contributed by atoms with Crippen molar-refractivity contribution < 1.29 is 18.0 Å². The molecule has 2 rings (SSSR count). The Balaban J connectivity index is 1.89. The van der Waals surface area contributed by atoms with Crippen LogP contribution in [0, 0.1) is 0 Å². The molecule has 110 valence electrons. The van der Waals surface area contributed by atoms with Crippen LogP contribution in [-0.2, 0) is 12.6 Å². The second-order valence-electron chi connectivity index (χ2n) is 4.26. The summed E-state index contributed by atoms with van der Waals surface area (Å²) in [6.45, 7) is 0.344. The predicted molar refractivity (Wildman–Crippen MR) is 69.5 cm³/mol. The molecular formula is C14H12F3N3O. The molecule has 0 saturated heterocycles. The van der Waals surface area contributed by atoms with Gasteiger partial charge in [0.2, 0.25) is 0 Å². The van der Waals surface area contributed by atoms with E-state index in [-0.39, 0.29) is 5.56 Å². The Hall–Kier alpha value is -2.44. The smallest absolute Gasteiger partial charge is 0.352 e. The third-order valence-corrected chi connectivity index (χ3v) is 2.71. The minimum atomic E-state index is -4.51. The van der Waals surface area contributed by atoms with Gasteiger partial charge in [0.05, 0.1) is 5.56 Å². The molecule has 2 aromatic rings. The molecule has 0 aliphatic rings. The number of pyridine rings is 2. The van der Waals surface area contributed by atoms with E-state index in [1.807, 2.05) is 12.1 Å². The number of rotatable bonds is 4. The molecule has 0 unspecified atom stereocenters. The van der Waals surface area contributed by atoms with Crippen LogP contribution in [0.25, 0.3) is 0 Å². The van der Waals surface area contributed by atoms with Crippen LogP contribution in [0.2, 0.25) is 0 Å². The summed E-state index contributed by atoms with van der Waals surface area (Å²) < 4.78 is 37.0. The largest absolute Gasteiger partial charge is 0.433 e. The lowest BCUT2D eigenvalue weighted by Gasteiger charge is -2.07. The maximum atomic E-state index is 12.3. The predicted octanol–water partition coefficient (Wildman–Crippen LogP) is 2.47. The van der Waals surface area contributed by atoms with E-state index >= 15 is 0 Å². The average Bonchev–Trinajstić information content (AvgIpc) is 2.47. The molecule has 0 bridgehead atoms. The van der Waals surface area contributed by atoms with E-state index in [2.05, 4.69) is 15.3 Å². The molecule has 2 aromatic heterocycles. The molecule has 0 radical (unpaired) electrons. The molecule has 1 amide bonds. The summed E-state index contributed by atoms with van der Waals surface area (Å²) in [5, 5.41) is 2.61. The summed E-state index contributed by atoms with van der Waals surface area (Å²) in [5.74, 6) is -0.466. The van der Waals surface area contributed by atoms with Crippen molar-refractivity contribution in [1.82, 2.24) is 15.3 Å². The van der Waals surface area contributed by atoms with Crippen molar-refractivity contribution in [2.45, 2.75) is 12.6 Å². The number of carbonyl (C=O) groups is 1. The van der Waals surface area contributed by atoms with Crippen LogP contribution in [-0.4, -0.2) is 22.4 Å². The zero-order chi connectivity index (χ0) is 15.3. The van der Waals surface area contributed by atoms with Gasteiger partial charge in [0.15, 0.2) is 0 Å². The average molecular weight is 295 g/mol. The van der Waals surface area contributed by atoms with E-state index in [4.69, 9.17) is 0 Å². The first-order chi connectivity index (χ1) is 9.97. The number of alkyl halides is 3. The van der Waals surface area contributed by atoms with E-state index in [1.165, 1.54) is 0 Å². The summed E-state index contributed by atoms with van der Waals surface area (Å²) in [6, 6.07) is 7.34. The number of nitrogens with one attached hydrogen (secondary N) is 1. The molecule has 1 N–H and O–H groups in total. The first kappa shape index (κ1) is 15.0. The lowest BCUT2D eigenvalue weighted by atomic mass is 10.2.